The third-order valence-corrected chi connectivity index (χ3v) is 8.41. The summed E-state index contributed by atoms with van der Waals surface area (Å²) < 4.78 is 1.92. The second-order valence-electron chi connectivity index (χ2n) is 11.2. The van der Waals surface area contributed by atoms with Gasteiger partial charge in [0.15, 0.2) is 5.49 Å². The van der Waals surface area contributed by atoms with Crippen molar-refractivity contribution in [1.29, 1.82) is 0 Å². The van der Waals surface area contributed by atoms with Crippen LogP contribution >= 0.6 is 0 Å². The van der Waals surface area contributed by atoms with E-state index in [1.165, 1.54) is 6.08 Å². The first-order valence-electron chi connectivity index (χ1n) is 14.7. The molecular weight excluding hydrogens is 510 g/mol. The molecule has 0 spiro atoms. The van der Waals surface area contributed by atoms with E-state index in [0.717, 1.165) is 72.0 Å². The molecule has 1 fully saturated rings. The number of aromatic nitrogens is 1. The van der Waals surface area contributed by atoms with Gasteiger partial charge in [-0.2, -0.15) is 5.10 Å². The number of carbonyl (C=O) groups is 1. The molecule has 7 heteroatoms. The van der Waals surface area contributed by atoms with Gasteiger partial charge in [-0.3, -0.25) is 4.79 Å². The minimum atomic E-state index is -0.582. The molecule has 5 rings (SSSR count). The molecule has 2 aromatic carbocycles. The summed E-state index contributed by atoms with van der Waals surface area (Å²) in [7, 11) is 1.94. The third-order valence-electron chi connectivity index (χ3n) is 8.41. The average molecular weight is 552 g/mol. The van der Waals surface area contributed by atoms with E-state index >= 15 is 0 Å². The number of anilines is 1. The minimum absolute atomic E-state index is 0.0682. The summed E-state index contributed by atoms with van der Waals surface area (Å²) in [6.45, 7) is 2.14. The van der Waals surface area contributed by atoms with E-state index in [4.69, 9.17) is 5.84 Å². The fourth-order valence-electron chi connectivity index (χ4n) is 5.89. The van der Waals surface area contributed by atoms with Gasteiger partial charge in [-0.1, -0.05) is 86.9 Å². The number of aryl methyl sites for hydroxylation is 1. The predicted octanol–water partition coefficient (Wildman–Crippen LogP) is 5.50. The Bertz CT molecular complexity index is 1480. The Balaban J connectivity index is 1.38. The van der Waals surface area contributed by atoms with Crippen molar-refractivity contribution in [1.82, 2.24) is 9.88 Å². The van der Waals surface area contributed by atoms with Crippen LogP contribution < -0.4 is 22.0 Å². The van der Waals surface area contributed by atoms with Crippen LogP contribution in [0.1, 0.15) is 80.2 Å². The molecule has 0 radical (unpaired) electrons. The van der Waals surface area contributed by atoms with E-state index < -0.39 is 6.10 Å². The average Bonchev–Trinajstić information content (AvgIpc) is 2.98. The van der Waals surface area contributed by atoms with Gasteiger partial charge in [0.2, 0.25) is 5.91 Å². The largest absolute Gasteiger partial charge is 0.389 e. The van der Waals surface area contributed by atoms with E-state index in [0.29, 0.717) is 11.9 Å². The number of nitrogens with two attached hydrogens (primary N) is 1. The molecule has 41 heavy (non-hydrogen) atoms. The Hall–Kier alpha value is -4.10. The lowest BCUT2D eigenvalue weighted by atomic mass is 9.71. The molecule has 2 atom stereocenters. The molecule has 2 aliphatic rings. The first kappa shape index (κ1) is 28.4. The molecule has 1 saturated carbocycles. The van der Waals surface area contributed by atoms with Crippen molar-refractivity contribution < 1.29 is 9.90 Å². The maximum atomic E-state index is 12.8. The van der Waals surface area contributed by atoms with Crippen molar-refractivity contribution in [3.8, 4) is 0 Å². The van der Waals surface area contributed by atoms with E-state index in [2.05, 4.69) is 71.2 Å². The fourth-order valence-corrected chi connectivity index (χ4v) is 5.89. The van der Waals surface area contributed by atoms with E-state index in [1.54, 1.807) is 6.08 Å². The summed E-state index contributed by atoms with van der Waals surface area (Å²) in [5.74, 6) is 5.62. The van der Waals surface area contributed by atoms with Crippen LogP contribution in [-0.2, 0) is 17.4 Å². The maximum absolute atomic E-state index is 12.8. The van der Waals surface area contributed by atoms with Crippen molar-refractivity contribution >= 4 is 23.2 Å². The lowest BCUT2D eigenvalue weighted by Crippen LogP contribution is -2.50. The number of pyridine rings is 1. The number of unbranched alkanes of at least 4 members (excludes halogenated alkanes) is 2. The second kappa shape index (κ2) is 12.6. The third kappa shape index (κ3) is 6.15. The number of fused-ring (bicyclic) bond motifs is 1. The zero-order chi connectivity index (χ0) is 28.8. The predicted molar refractivity (Wildman–Crippen MR) is 165 cm³/mol. The van der Waals surface area contributed by atoms with Gasteiger partial charge in [0.05, 0.1) is 17.7 Å². The van der Waals surface area contributed by atoms with Crippen LogP contribution in [0, 0.1) is 0 Å². The van der Waals surface area contributed by atoms with Crippen molar-refractivity contribution in [2.75, 3.05) is 5.32 Å². The number of aliphatic hydroxyl groups excluding tert-OH is 1. The normalized spacial score (nSPS) is 18.7. The lowest BCUT2D eigenvalue weighted by molar-refractivity contribution is -0.119. The number of hydrogen-bond donors (Lipinski definition) is 4. The molecule has 1 aliphatic carbocycles. The first-order chi connectivity index (χ1) is 19.9. The summed E-state index contributed by atoms with van der Waals surface area (Å²) in [6, 6.07) is 20.9. The van der Waals surface area contributed by atoms with Gasteiger partial charge in [0.25, 0.3) is 0 Å². The summed E-state index contributed by atoms with van der Waals surface area (Å²) in [5.41, 5.74) is 6.78. The number of carbonyl (C=O) groups excluding carboxylic acids is 1. The Morgan fingerprint density at radius 3 is 2.59 bits per heavy atom. The fraction of sp³-hybridized carbons (Fsp3) is 0.353. The number of nitrogens with one attached hydrogen (secondary N) is 2. The highest BCUT2D eigenvalue weighted by Gasteiger charge is 2.39. The van der Waals surface area contributed by atoms with Gasteiger partial charge >= 0.3 is 0 Å². The minimum Gasteiger partial charge on any atom is -0.389 e. The van der Waals surface area contributed by atoms with Crippen molar-refractivity contribution in [2.24, 2.45) is 18.0 Å². The number of rotatable bonds is 10. The molecule has 7 nitrogen and oxygen atoms in total. The van der Waals surface area contributed by atoms with Gasteiger partial charge in [-0.05, 0) is 60.1 Å². The van der Waals surface area contributed by atoms with Crippen LogP contribution in [-0.4, -0.2) is 21.7 Å². The molecule has 1 aromatic heterocycles. The molecule has 5 N–H and O–H groups in total. The van der Waals surface area contributed by atoms with Gasteiger partial charge in [-0.25, -0.2) is 0 Å². The molecule has 2 unspecified atom stereocenters. The number of amides is 1. The zero-order valence-electron chi connectivity index (χ0n) is 24.0. The van der Waals surface area contributed by atoms with Gasteiger partial charge in [0, 0.05) is 30.6 Å². The van der Waals surface area contributed by atoms with Crippen LogP contribution in [0.5, 0.6) is 0 Å². The number of benzene rings is 2. The van der Waals surface area contributed by atoms with Crippen molar-refractivity contribution in [3.05, 3.63) is 107 Å². The van der Waals surface area contributed by atoms with Gasteiger partial charge < -0.3 is 26.1 Å². The Morgan fingerprint density at radius 1 is 1.17 bits per heavy atom. The summed E-state index contributed by atoms with van der Waals surface area (Å²) in [4.78, 5) is 12.8. The van der Waals surface area contributed by atoms with E-state index in [1.807, 2.05) is 36.0 Å². The molecule has 0 bridgehead atoms. The quantitative estimate of drug-likeness (QED) is 0.116. The lowest BCUT2D eigenvalue weighted by Gasteiger charge is -2.43. The Morgan fingerprint density at radius 2 is 1.93 bits per heavy atom. The molecular formula is C34H41N5O2. The van der Waals surface area contributed by atoms with Crippen LogP contribution in [0.25, 0.3) is 11.6 Å². The highest BCUT2D eigenvalue weighted by Crippen LogP contribution is 2.43. The highest BCUT2D eigenvalue weighted by atomic mass is 16.3. The van der Waals surface area contributed by atoms with Gasteiger partial charge in [-0.15, -0.1) is 0 Å². The van der Waals surface area contributed by atoms with Crippen LogP contribution in [0.3, 0.4) is 0 Å². The second-order valence-corrected chi connectivity index (χ2v) is 11.2. The number of hydrogen-bond acceptors (Lipinski definition) is 5. The summed E-state index contributed by atoms with van der Waals surface area (Å²) >= 11 is 0. The number of nitrogens with zero attached hydrogens (tertiary/aromatic N) is 2. The van der Waals surface area contributed by atoms with Crippen molar-refractivity contribution in [3.63, 3.8) is 0 Å². The number of aliphatic hydroxyl groups is 1. The van der Waals surface area contributed by atoms with E-state index in [9.17, 15) is 9.90 Å². The summed E-state index contributed by atoms with van der Waals surface area (Å²) in [5, 5.41) is 21.2. The topological polar surface area (TPSA) is 105 Å². The molecule has 1 aliphatic heterocycles. The molecule has 1 amide bonds. The van der Waals surface area contributed by atoms with Gasteiger partial charge in [0.1, 0.15) is 0 Å². The van der Waals surface area contributed by atoms with Crippen molar-refractivity contribution in [2.45, 2.75) is 69.6 Å². The smallest absolute Gasteiger partial charge is 0.244 e. The molecule has 0 saturated heterocycles. The first-order valence-corrected chi connectivity index (χ1v) is 14.7. The molecule has 2 heterocycles. The molecule has 214 valence electrons. The SMILES string of the molecule is CCCCCC(O)/C=C/C(=O)NC1(c2ccc(C3Nc4ccn(C)/c(=N\N)c4C=C3c3ccccc3)cc2)CCC1. The Labute approximate surface area is 242 Å². The summed E-state index contributed by atoms with van der Waals surface area (Å²) in [6.07, 6.45) is 13.4. The van der Waals surface area contributed by atoms with Crippen LogP contribution in [0.2, 0.25) is 0 Å². The van der Waals surface area contributed by atoms with Crippen LogP contribution in [0.4, 0.5) is 5.69 Å². The zero-order valence-corrected chi connectivity index (χ0v) is 24.0. The molecule has 3 aromatic rings. The highest BCUT2D eigenvalue weighted by molar-refractivity contribution is 5.92. The standard InChI is InChI=1S/C34H41N5O2/c1-3-4-6-12-27(40)17-18-31(41)37-34(20-9-21-34)26-15-13-25(14-16-26)32-28(24-10-7-5-8-11-24)23-29-30(36-32)19-22-39(2)33(29)38-35/h5,7-8,10-11,13-19,22-23,27,32,36,40H,3-4,6,9,12,20-21,35H2,1-2H3,(H,37,41)/b18-17+,38-33-. The Kier molecular flexibility index (Phi) is 8.74. The van der Waals surface area contributed by atoms with E-state index in [-0.39, 0.29) is 17.5 Å². The maximum Gasteiger partial charge on any atom is 0.244 e. The van der Waals surface area contributed by atoms with Crippen LogP contribution in [0.15, 0.2) is 84.1 Å². The monoisotopic (exact) mass is 551 g/mol.